The highest BCUT2D eigenvalue weighted by molar-refractivity contribution is 8.01. The van der Waals surface area contributed by atoms with Crippen LogP contribution in [0, 0.1) is 0 Å². The van der Waals surface area contributed by atoms with Gasteiger partial charge in [-0.1, -0.05) is 41.3 Å². The van der Waals surface area contributed by atoms with Crippen LogP contribution in [0.3, 0.4) is 0 Å². The lowest BCUT2D eigenvalue weighted by molar-refractivity contribution is -0.139. The molecule has 1 aromatic heterocycles. The van der Waals surface area contributed by atoms with E-state index in [0.717, 1.165) is 0 Å². The number of benzene rings is 1. The highest BCUT2D eigenvalue weighted by Crippen LogP contribution is 2.38. The van der Waals surface area contributed by atoms with Crippen LogP contribution in [0.5, 0.6) is 5.88 Å². The van der Waals surface area contributed by atoms with Gasteiger partial charge in [0.15, 0.2) is 4.34 Å². The zero-order valence-corrected chi connectivity index (χ0v) is 12.9. The van der Waals surface area contributed by atoms with Gasteiger partial charge in [0.05, 0.1) is 18.0 Å². The van der Waals surface area contributed by atoms with Gasteiger partial charge in [-0.05, 0) is 19.1 Å². The number of hydrogen-bond donors (Lipinski definition) is 1. The van der Waals surface area contributed by atoms with Crippen LogP contribution in [0.1, 0.15) is 6.92 Å². The molecule has 0 saturated heterocycles. The Hall–Kier alpha value is -1.93. The molecule has 2 rings (SSSR count). The number of hydrogen-bond acceptors (Lipinski definition) is 8. The molecule has 1 aromatic carbocycles. The molecular weight excluding hydrogens is 310 g/mol. The fourth-order valence-electron chi connectivity index (χ4n) is 1.33. The van der Waals surface area contributed by atoms with Crippen LogP contribution in [-0.2, 0) is 9.53 Å². The van der Waals surface area contributed by atoms with E-state index in [4.69, 9.17) is 4.74 Å². The zero-order valence-electron chi connectivity index (χ0n) is 11.2. The van der Waals surface area contributed by atoms with Crippen molar-refractivity contribution in [1.82, 2.24) is 4.98 Å². The topological polar surface area (TPSA) is 84.1 Å². The monoisotopic (exact) mass is 323 g/mol. The van der Waals surface area contributed by atoms with E-state index < -0.39 is 0 Å². The number of aromatic hydroxyl groups is 1. The van der Waals surface area contributed by atoms with Crippen molar-refractivity contribution in [2.45, 2.75) is 11.3 Å². The Bertz CT molecular complexity index is 629. The second kappa shape index (κ2) is 7.75. The molecule has 0 fully saturated rings. The van der Waals surface area contributed by atoms with E-state index in [1.807, 2.05) is 18.2 Å². The molecule has 1 N–H and O–H groups in total. The van der Waals surface area contributed by atoms with Crippen molar-refractivity contribution in [3.05, 3.63) is 30.3 Å². The molecule has 2 aromatic rings. The van der Waals surface area contributed by atoms with E-state index in [9.17, 15) is 9.90 Å². The second-order valence-corrected chi connectivity index (χ2v) is 5.94. The Labute approximate surface area is 129 Å². The minimum absolute atomic E-state index is 0.149. The number of rotatable bonds is 6. The normalized spacial score (nSPS) is 10.9. The first kappa shape index (κ1) is 15.5. The van der Waals surface area contributed by atoms with Crippen LogP contribution in [0.25, 0.3) is 0 Å². The number of ether oxygens (including phenoxy) is 1. The Balaban J connectivity index is 1.99. The van der Waals surface area contributed by atoms with Crippen LogP contribution in [-0.4, -0.2) is 28.4 Å². The number of thioether (sulfide) groups is 1. The number of aromatic nitrogens is 1. The van der Waals surface area contributed by atoms with Gasteiger partial charge in [-0.15, -0.1) is 10.2 Å². The molecule has 0 spiro atoms. The standard InChI is InChI=1S/C13H13N3O3S2/c1-2-19-10(17)8-20-13-14-11(18)12(21-13)16-15-9-6-4-3-5-7-9/h3-7,18H,2,8H2,1H3. The fraction of sp³-hybridized carbons (Fsp3) is 0.231. The number of carbonyl (C=O) groups excluding carboxylic acids is 1. The molecule has 0 amide bonds. The maximum Gasteiger partial charge on any atom is 0.316 e. The van der Waals surface area contributed by atoms with E-state index in [1.54, 1.807) is 19.1 Å². The molecule has 6 nitrogen and oxygen atoms in total. The Morgan fingerprint density at radius 1 is 1.38 bits per heavy atom. The predicted octanol–water partition coefficient (Wildman–Crippen LogP) is 3.92. The molecule has 1 heterocycles. The molecule has 8 heteroatoms. The minimum Gasteiger partial charge on any atom is -0.491 e. The summed E-state index contributed by atoms with van der Waals surface area (Å²) in [5, 5.41) is 18.0. The van der Waals surface area contributed by atoms with Gasteiger partial charge in [-0.3, -0.25) is 4.79 Å². The average Bonchev–Trinajstić information content (AvgIpc) is 2.85. The first-order chi connectivity index (χ1) is 10.2. The molecular formula is C13H13N3O3S2. The van der Waals surface area contributed by atoms with E-state index in [0.29, 0.717) is 21.6 Å². The molecule has 0 atom stereocenters. The average molecular weight is 323 g/mol. The largest absolute Gasteiger partial charge is 0.491 e. The van der Waals surface area contributed by atoms with E-state index in [1.165, 1.54) is 23.1 Å². The smallest absolute Gasteiger partial charge is 0.316 e. The summed E-state index contributed by atoms with van der Waals surface area (Å²) in [5.74, 6) is -0.355. The SMILES string of the molecule is CCOC(=O)CSc1nc(O)c(N=Nc2ccccc2)s1. The van der Waals surface area contributed by atoms with Crippen molar-refractivity contribution in [3.8, 4) is 5.88 Å². The molecule has 0 aliphatic carbocycles. The van der Waals surface area contributed by atoms with Crippen LogP contribution < -0.4 is 0 Å². The van der Waals surface area contributed by atoms with Gasteiger partial charge in [-0.2, -0.15) is 4.98 Å². The zero-order chi connectivity index (χ0) is 15.1. The summed E-state index contributed by atoms with van der Waals surface area (Å²) in [6.45, 7) is 2.10. The third-order valence-electron chi connectivity index (χ3n) is 2.20. The van der Waals surface area contributed by atoms with Gasteiger partial charge in [0.2, 0.25) is 5.00 Å². The van der Waals surface area contributed by atoms with Gasteiger partial charge in [0.1, 0.15) is 0 Å². The summed E-state index contributed by atoms with van der Waals surface area (Å²) < 4.78 is 5.36. The van der Waals surface area contributed by atoms with Gasteiger partial charge >= 0.3 is 5.97 Å². The van der Waals surface area contributed by atoms with Crippen molar-refractivity contribution in [3.63, 3.8) is 0 Å². The first-order valence-electron chi connectivity index (χ1n) is 6.14. The van der Waals surface area contributed by atoms with Crippen molar-refractivity contribution in [2.24, 2.45) is 10.2 Å². The number of nitrogens with zero attached hydrogens (tertiary/aromatic N) is 3. The molecule has 0 radical (unpaired) electrons. The summed E-state index contributed by atoms with van der Waals surface area (Å²) >= 11 is 2.37. The maximum atomic E-state index is 11.2. The molecule has 21 heavy (non-hydrogen) atoms. The maximum absolute atomic E-state index is 11.2. The number of esters is 1. The van der Waals surface area contributed by atoms with E-state index in [2.05, 4.69) is 15.2 Å². The van der Waals surface area contributed by atoms with Crippen LogP contribution >= 0.6 is 23.1 Å². The molecule has 0 aliphatic rings. The minimum atomic E-state index is -0.315. The fourth-order valence-corrected chi connectivity index (χ4v) is 2.97. The second-order valence-electron chi connectivity index (χ2n) is 3.74. The molecule has 110 valence electrons. The van der Waals surface area contributed by atoms with Gasteiger partial charge in [0.25, 0.3) is 5.88 Å². The number of azo groups is 1. The highest BCUT2D eigenvalue weighted by Gasteiger charge is 2.12. The highest BCUT2D eigenvalue weighted by atomic mass is 32.2. The number of carbonyl (C=O) groups is 1. The van der Waals surface area contributed by atoms with Crippen LogP contribution in [0.2, 0.25) is 0 Å². The van der Waals surface area contributed by atoms with Crippen molar-refractivity contribution >= 4 is 39.8 Å². The third-order valence-corrected chi connectivity index (χ3v) is 4.25. The first-order valence-corrected chi connectivity index (χ1v) is 7.94. The molecule has 0 saturated carbocycles. The summed E-state index contributed by atoms with van der Waals surface area (Å²) in [4.78, 5) is 15.2. The Morgan fingerprint density at radius 3 is 2.86 bits per heavy atom. The van der Waals surface area contributed by atoms with Crippen molar-refractivity contribution in [1.29, 1.82) is 0 Å². The lowest BCUT2D eigenvalue weighted by Crippen LogP contribution is -2.06. The summed E-state index contributed by atoms with van der Waals surface area (Å²) in [5.41, 5.74) is 0.686. The Morgan fingerprint density at radius 2 is 2.14 bits per heavy atom. The van der Waals surface area contributed by atoms with Crippen LogP contribution in [0.15, 0.2) is 44.9 Å². The van der Waals surface area contributed by atoms with Crippen LogP contribution in [0.4, 0.5) is 10.7 Å². The molecule has 0 bridgehead atoms. The van der Waals surface area contributed by atoms with Crippen molar-refractivity contribution < 1.29 is 14.6 Å². The summed E-state index contributed by atoms with van der Waals surface area (Å²) in [7, 11) is 0. The van der Waals surface area contributed by atoms with Gasteiger partial charge < -0.3 is 9.84 Å². The third kappa shape index (κ3) is 4.83. The lowest BCUT2D eigenvalue weighted by Gasteiger charge is -1.98. The lowest BCUT2D eigenvalue weighted by atomic mass is 10.3. The molecule has 0 unspecified atom stereocenters. The molecule has 0 aliphatic heterocycles. The van der Waals surface area contributed by atoms with E-state index >= 15 is 0 Å². The Kier molecular flexibility index (Phi) is 5.70. The summed E-state index contributed by atoms with van der Waals surface area (Å²) in [6, 6.07) is 9.19. The summed E-state index contributed by atoms with van der Waals surface area (Å²) in [6.07, 6.45) is 0. The number of thiazole rings is 1. The van der Waals surface area contributed by atoms with E-state index in [-0.39, 0.29) is 17.6 Å². The van der Waals surface area contributed by atoms with Gasteiger partial charge in [0, 0.05) is 0 Å². The predicted molar refractivity (Wildman–Crippen MR) is 81.8 cm³/mol. The van der Waals surface area contributed by atoms with Crippen molar-refractivity contribution in [2.75, 3.05) is 12.4 Å². The van der Waals surface area contributed by atoms with Gasteiger partial charge in [-0.25, -0.2) is 0 Å². The quantitative estimate of drug-likeness (QED) is 0.495.